The van der Waals surface area contributed by atoms with Gasteiger partial charge in [-0.15, -0.1) is 0 Å². The minimum atomic E-state index is 0.643. The third-order valence-corrected chi connectivity index (χ3v) is 3.63. The molecule has 108 valence electrons. The molecular weight excluding hydrogens is 328 g/mol. The third-order valence-electron chi connectivity index (χ3n) is 2.98. The predicted octanol–water partition coefficient (Wildman–Crippen LogP) is 4.72. The molecule has 0 saturated heterocycles. The molecule has 3 nitrogen and oxygen atoms in total. The second-order valence-corrected chi connectivity index (χ2v) is 5.51. The second kappa shape index (κ2) is 7.70. The highest BCUT2D eigenvalue weighted by atomic mass is 79.9. The fourth-order valence-electron chi connectivity index (χ4n) is 1.85. The summed E-state index contributed by atoms with van der Waals surface area (Å²) in [5.41, 5.74) is 2.79. The van der Waals surface area contributed by atoms with Crippen molar-refractivity contribution in [3.63, 3.8) is 0 Å². The molecule has 2 aromatic rings. The average molecular weight is 345 g/mol. The molecule has 0 aliphatic rings. The van der Waals surface area contributed by atoms with Crippen LogP contribution in [0.1, 0.15) is 24.5 Å². The molecule has 0 aliphatic heterocycles. The first-order chi connectivity index (χ1) is 10.2. The van der Waals surface area contributed by atoms with Gasteiger partial charge in [-0.3, -0.25) is 0 Å². The number of halogens is 1. The van der Waals surface area contributed by atoms with Crippen LogP contribution in [-0.2, 0) is 6.54 Å². The van der Waals surface area contributed by atoms with Gasteiger partial charge in [-0.25, -0.2) is 0 Å². The summed E-state index contributed by atoms with van der Waals surface area (Å²) in [5, 5.41) is 12.2. The van der Waals surface area contributed by atoms with Crippen molar-refractivity contribution in [1.29, 1.82) is 5.26 Å². The number of hydrogen-bond donors (Lipinski definition) is 1. The van der Waals surface area contributed by atoms with Gasteiger partial charge in [-0.2, -0.15) is 5.26 Å². The quantitative estimate of drug-likeness (QED) is 0.824. The minimum absolute atomic E-state index is 0.643. The molecule has 0 bridgehead atoms. The summed E-state index contributed by atoms with van der Waals surface area (Å²) in [6, 6.07) is 15.7. The molecular formula is C17H17BrN2O. The monoisotopic (exact) mass is 344 g/mol. The smallest absolute Gasteiger partial charge is 0.119 e. The number of nitriles is 1. The molecule has 0 fully saturated rings. The van der Waals surface area contributed by atoms with E-state index in [4.69, 9.17) is 10.00 Å². The Bertz CT molecular complexity index is 632. The molecule has 0 spiro atoms. The molecule has 0 unspecified atom stereocenters. The van der Waals surface area contributed by atoms with Crippen molar-refractivity contribution in [2.75, 3.05) is 11.9 Å². The predicted molar refractivity (Wildman–Crippen MR) is 88.4 cm³/mol. The van der Waals surface area contributed by atoms with E-state index in [0.717, 1.165) is 35.5 Å². The molecule has 0 aliphatic carbocycles. The molecule has 2 aromatic carbocycles. The number of anilines is 1. The zero-order chi connectivity index (χ0) is 15.1. The molecule has 0 radical (unpaired) electrons. The molecule has 0 atom stereocenters. The normalized spacial score (nSPS) is 9.95. The van der Waals surface area contributed by atoms with E-state index in [9.17, 15) is 0 Å². The SMILES string of the molecule is CCCOc1ccc(CNc2ccc(C#N)cc2Br)cc1. The Morgan fingerprint density at radius 1 is 1.19 bits per heavy atom. The van der Waals surface area contributed by atoms with Crippen LogP contribution >= 0.6 is 15.9 Å². The van der Waals surface area contributed by atoms with E-state index >= 15 is 0 Å². The molecule has 0 amide bonds. The van der Waals surface area contributed by atoms with Crippen molar-refractivity contribution in [3.8, 4) is 11.8 Å². The lowest BCUT2D eigenvalue weighted by Gasteiger charge is -2.10. The summed E-state index contributed by atoms with van der Waals surface area (Å²) >= 11 is 3.47. The number of nitrogens with one attached hydrogen (secondary N) is 1. The van der Waals surface area contributed by atoms with Crippen LogP contribution in [0.5, 0.6) is 5.75 Å². The first kappa shape index (κ1) is 15.4. The van der Waals surface area contributed by atoms with Crippen LogP contribution < -0.4 is 10.1 Å². The molecule has 1 N–H and O–H groups in total. The van der Waals surface area contributed by atoms with Crippen molar-refractivity contribution in [2.45, 2.75) is 19.9 Å². The maximum Gasteiger partial charge on any atom is 0.119 e. The Hall–Kier alpha value is -1.99. The van der Waals surface area contributed by atoms with Crippen molar-refractivity contribution in [2.24, 2.45) is 0 Å². The summed E-state index contributed by atoms with van der Waals surface area (Å²) in [6.07, 6.45) is 1.01. The van der Waals surface area contributed by atoms with Crippen molar-refractivity contribution < 1.29 is 4.74 Å². The van der Waals surface area contributed by atoms with E-state index in [0.29, 0.717) is 5.56 Å². The summed E-state index contributed by atoms with van der Waals surface area (Å²) in [4.78, 5) is 0. The van der Waals surface area contributed by atoms with E-state index in [1.54, 1.807) is 6.07 Å². The molecule has 2 rings (SSSR count). The molecule has 21 heavy (non-hydrogen) atoms. The van der Waals surface area contributed by atoms with Gasteiger partial charge in [-0.05, 0) is 58.2 Å². The Balaban J connectivity index is 1.95. The lowest BCUT2D eigenvalue weighted by molar-refractivity contribution is 0.317. The van der Waals surface area contributed by atoms with Crippen LogP contribution in [0.15, 0.2) is 46.9 Å². The van der Waals surface area contributed by atoms with Crippen LogP contribution in [0.4, 0.5) is 5.69 Å². The Kier molecular flexibility index (Phi) is 5.65. The number of nitrogens with zero attached hydrogens (tertiary/aromatic N) is 1. The Morgan fingerprint density at radius 2 is 1.95 bits per heavy atom. The fraction of sp³-hybridized carbons (Fsp3) is 0.235. The highest BCUT2D eigenvalue weighted by molar-refractivity contribution is 9.10. The summed E-state index contributed by atoms with van der Waals surface area (Å²) in [6.45, 7) is 3.56. The maximum atomic E-state index is 8.85. The largest absolute Gasteiger partial charge is 0.494 e. The van der Waals surface area contributed by atoms with Crippen LogP contribution in [0.3, 0.4) is 0 Å². The van der Waals surface area contributed by atoms with Gasteiger partial charge in [0.15, 0.2) is 0 Å². The number of hydrogen-bond acceptors (Lipinski definition) is 3. The third kappa shape index (κ3) is 4.51. The zero-order valence-electron chi connectivity index (χ0n) is 11.9. The molecule has 4 heteroatoms. The van der Waals surface area contributed by atoms with Crippen LogP contribution in [-0.4, -0.2) is 6.61 Å². The first-order valence-corrected chi connectivity index (χ1v) is 7.67. The average Bonchev–Trinajstić information content (AvgIpc) is 2.52. The topological polar surface area (TPSA) is 45.0 Å². The van der Waals surface area contributed by atoms with Gasteiger partial charge >= 0.3 is 0 Å². The van der Waals surface area contributed by atoms with Gasteiger partial charge in [0.25, 0.3) is 0 Å². The lowest BCUT2D eigenvalue weighted by Crippen LogP contribution is -2.00. The van der Waals surface area contributed by atoms with E-state index in [1.165, 1.54) is 5.56 Å². The van der Waals surface area contributed by atoms with E-state index in [2.05, 4.69) is 46.4 Å². The number of benzene rings is 2. The van der Waals surface area contributed by atoms with Crippen molar-refractivity contribution >= 4 is 21.6 Å². The Morgan fingerprint density at radius 3 is 2.57 bits per heavy atom. The summed E-state index contributed by atoms with van der Waals surface area (Å²) in [5.74, 6) is 0.903. The molecule has 0 heterocycles. The summed E-state index contributed by atoms with van der Waals surface area (Å²) < 4.78 is 6.45. The standard InChI is InChI=1S/C17H17BrN2O/c1-2-9-21-15-6-3-13(4-7-15)12-20-17-8-5-14(11-19)10-16(17)18/h3-8,10,20H,2,9,12H2,1H3. The van der Waals surface area contributed by atoms with E-state index in [1.807, 2.05) is 24.3 Å². The second-order valence-electron chi connectivity index (χ2n) is 4.65. The van der Waals surface area contributed by atoms with E-state index < -0.39 is 0 Å². The van der Waals surface area contributed by atoms with E-state index in [-0.39, 0.29) is 0 Å². The number of ether oxygens (including phenoxy) is 1. The lowest BCUT2D eigenvalue weighted by atomic mass is 10.2. The highest BCUT2D eigenvalue weighted by Gasteiger charge is 2.01. The minimum Gasteiger partial charge on any atom is -0.494 e. The highest BCUT2D eigenvalue weighted by Crippen LogP contribution is 2.24. The van der Waals surface area contributed by atoms with Crippen molar-refractivity contribution in [3.05, 3.63) is 58.1 Å². The van der Waals surface area contributed by atoms with Gasteiger partial charge in [0.2, 0.25) is 0 Å². The zero-order valence-corrected chi connectivity index (χ0v) is 13.5. The maximum absolute atomic E-state index is 8.85. The van der Waals surface area contributed by atoms with Crippen LogP contribution in [0.25, 0.3) is 0 Å². The van der Waals surface area contributed by atoms with Crippen LogP contribution in [0.2, 0.25) is 0 Å². The fourth-order valence-corrected chi connectivity index (χ4v) is 2.37. The van der Waals surface area contributed by atoms with Gasteiger partial charge in [0.05, 0.1) is 18.2 Å². The number of rotatable bonds is 6. The first-order valence-electron chi connectivity index (χ1n) is 6.88. The van der Waals surface area contributed by atoms with Crippen LogP contribution in [0, 0.1) is 11.3 Å². The van der Waals surface area contributed by atoms with Crippen molar-refractivity contribution in [1.82, 2.24) is 0 Å². The van der Waals surface area contributed by atoms with Gasteiger partial charge in [-0.1, -0.05) is 19.1 Å². The Labute approximate surface area is 133 Å². The van der Waals surface area contributed by atoms with Gasteiger partial charge in [0, 0.05) is 16.7 Å². The summed E-state index contributed by atoms with van der Waals surface area (Å²) in [7, 11) is 0. The molecule has 0 aromatic heterocycles. The van der Waals surface area contributed by atoms with Gasteiger partial charge < -0.3 is 10.1 Å². The van der Waals surface area contributed by atoms with Gasteiger partial charge in [0.1, 0.15) is 5.75 Å². The molecule has 0 saturated carbocycles.